The number of nitrogens with zero attached hydrogens (tertiary/aromatic N) is 1. The van der Waals surface area contributed by atoms with Crippen LogP contribution in [-0.2, 0) is 6.54 Å². The zero-order valence-electron chi connectivity index (χ0n) is 14.4. The highest BCUT2D eigenvalue weighted by molar-refractivity contribution is 5.95. The fourth-order valence-electron chi connectivity index (χ4n) is 3.13. The Morgan fingerprint density at radius 3 is 2.73 bits per heavy atom. The lowest BCUT2D eigenvalue weighted by molar-refractivity contribution is 0.00344. The number of nitrogens with one attached hydrogen (secondary N) is 1. The number of hydrogen-bond acceptors (Lipinski definition) is 4. The SMILES string of the molecule is O=C(c1cccc(NCc2ccc(F)cc2)c1)N1CC[C@@H](O)[C@@H](CO)C1. The van der Waals surface area contributed by atoms with E-state index in [4.69, 9.17) is 0 Å². The lowest BCUT2D eigenvalue weighted by atomic mass is 9.95. The summed E-state index contributed by atoms with van der Waals surface area (Å²) in [7, 11) is 0. The van der Waals surface area contributed by atoms with E-state index in [2.05, 4.69) is 5.32 Å². The minimum absolute atomic E-state index is 0.110. The Morgan fingerprint density at radius 1 is 1.23 bits per heavy atom. The molecule has 0 aromatic heterocycles. The van der Waals surface area contributed by atoms with E-state index in [0.717, 1.165) is 11.3 Å². The van der Waals surface area contributed by atoms with Crippen LogP contribution in [-0.4, -0.2) is 46.8 Å². The normalized spacial score (nSPS) is 20.0. The number of halogens is 1. The van der Waals surface area contributed by atoms with Crippen molar-refractivity contribution in [3.05, 3.63) is 65.5 Å². The van der Waals surface area contributed by atoms with Crippen LogP contribution >= 0.6 is 0 Å². The van der Waals surface area contributed by atoms with Crippen LogP contribution in [0.1, 0.15) is 22.3 Å². The molecule has 26 heavy (non-hydrogen) atoms. The van der Waals surface area contributed by atoms with Gasteiger partial charge in [0, 0.05) is 36.8 Å². The molecule has 1 heterocycles. The molecule has 138 valence electrons. The van der Waals surface area contributed by atoms with Crippen molar-refractivity contribution in [1.29, 1.82) is 0 Å². The van der Waals surface area contributed by atoms with Gasteiger partial charge in [-0.1, -0.05) is 18.2 Å². The minimum Gasteiger partial charge on any atom is -0.396 e. The average molecular weight is 358 g/mol. The number of carbonyl (C=O) groups excluding carboxylic acids is 1. The van der Waals surface area contributed by atoms with Crippen LogP contribution < -0.4 is 5.32 Å². The molecule has 0 bridgehead atoms. The molecule has 1 aliphatic rings. The number of aliphatic hydroxyl groups is 2. The highest BCUT2D eigenvalue weighted by Gasteiger charge is 2.30. The van der Waals surface area contributed by atoms with Gasteiger partial charge in [0.15, 0.2) is 0 Å². The number of benzene rings is 2. The predicted octanol–water partition coefficient (Wildman–Crippen LogP) is 2.25. The molecule has 1 amide bonds. The number of aliphatic hydroxyl groups excluding tert-OH is 2. The van der Waals surface area contributed by atoms with E-state index >= 15 is 0 Å². The quantitative estimate of drug-likeness (QED) is 0.767. The molecular weight excluding hydrogens is 335 g/mol. The van der Waals surface area contributed by atoms with E-state index < -0.39 is 6.10 Å². The lowest BCUT2D eigenvalue weighted by Gasteiger charge is -2.35. The summed E-state index contributed by atoms with van der Waals surface area (Å²) in [5, 5.41) is 22.4. The maximum atomic E-state index is 13.0. The third kappa shape index (κ3) is 4.39. The summed E-state index contributed by atoms with van der Waals surface area (Å²) >= 11 is 0. The first kappa shape index (κ1) is 18.4. The van der Waals surface area contributed by atoms with E-state index in [1.54, 1.807) is 29.2 Å². The molecule has 2 aromatic carbocycles. The fraction of sp³-hybridized carbons (Fsp3) is 0.350. The van der Waals surface area contributed by atoms with Gasteiger partial charge in [0.2, 0.25) is 0 Å². The van der Waals surface area contributed by atoms with Gasteiger partial charge in [-0.2, -0.15) is 0 Å². The molecule has 1 saturated heterocycles. The van der Waals surface area contributed by atoms with Crippen LogP contribution in [0, 0.1) is 11.7 Å². The van der Waals surface area contributed by atoms with Crippen molar-refractivity contribution >= 4 is 11.6 Å². The van der Waals surface area contributed by atoms with Gasteiger partial charge in [-0.05, 0) is 42.3 Å². The average Bonchev–Trinajstić information content (AvgIpc) is 2.67. The van der Waals surface area contributed by atoms with Crippen molar-refractivity contribution in [1.82, 2.24) is 4.90 Å². The van der Waals surface area contributed by atoms with Crippen molar-refractivity contribution in [2.24, 2.45) is 5.92 Å². The number of carbonyl (C=O) groups is 1. The van der Waals surface area contributed by atoms with E-state index in [-0.39, 0.29) is 24.2 Å². The molecule has 0 radical (unpaired) electrons. The third-order valence-corrected chi connectivity index (χ3v) is 4.73. The predicted molar refractivity (Wildman–Crippen MR) is 97.3 cm³/mol. The van der Waals surface area contributed by atoms with Crippen molar-refractivity contribution in [2.45, 2.75) is 19.1 Å². The summed E-state index contributed by atoms with van der Waals surface area (Å²) in [6.07, 6.45) is -0.0906. The van der Waals surface area contributed by atoms with Crippen LogP contribution in [0.15, 0.2) is 48.5 Å². The molecule has 2 atom stereocenters. The van der Waals surface area contributed by atoms with Gasteiger partial charge in [-0.3, -0.25) is 4.79 Å². The summed E-state index contributed by atoms with van der Waals surface area (Å²) in [5.74, 6) is -0.678. The Kier molecular flexibility index (Phi) is 5.85. The number of likely N-dealkylation sites (tertiary alicyclic amines) is 1. The molecule has 3 rings (SSSR count). The first-order valence-corrected chi connectivity index (χ1v) is 8.73. The summed E-state index contributed by atoms with van der Waals surface area (Å²) in [6, 6.07) is 13.5. The molecule has 0 aliphatic carbocycles. The molecule has 1 aliphatic heterocycles. The Bertz CT molecular complexity index is 751. The molecule has 3 N–H and O–H groups in total. The first-order valence-electron chi connectivity index (χ1n) is 8.73. The fourth-order valence-corrected chi connectivity index (χ4v) is 3.13. The van der Waals surface area contributed by atoms with E-state index in [0.29, 0.717) is 31.6 Å². The molecule has 6 heteroatoms. The van der Waals surface area contributed by atoms with Gasteiger partial charge in [-0.25, -0.2) is 4.39 Å². The number of hydrogen-bond donors (Lipinski definition) is 3. The van der Waals surface area contributed by atoms with Gasteiger partial charge in [0.1, 0.15) is 5.82 Å². The lowest BCUT2D eigenvalue weighted by Crippen LogP contribution is -2.47. The Labute approximate surface area is 152 Å². The molecule has 2 aromatic rings. The molecule has 0 saturated carbocycles. The highest BCUT2D eigenvalue weighted by atomic mass is 19.1. The number of amides is 1. The van der Waals surface area contributed by atoms with Crippen LogP contribution in [0.25, 0.3) is 0 Å². The molecular formula is C20H23FN2O3. The third-order valence-electron chi connectivity index (χ3n) is 4.73. The van der Waals surface area contributed by atoms with Gasteiger partial charge in [0.25, 0.3) is 5.91 Å². The van der Waals surface area contributed by atoms with Crippen LogP contribution in [0.3, 0.4) is 0 Å². The van der Waals surface area contributed by atoms with Gasteiger partial charge in [0.05, 0.1) is 12.7 Å². The van der Waals surface area contributed by atoms with Crippen LogP contribution in [0.5, 0.6) is 0 Å². The maximum Gasteiger partial charge on any atom is 0.253 e. The number of piperidine rings is 1. The van der Waals surface area contributed by atoms with Crippen LogP contribution in [0.4, 0.5) is 10.1 Å². The smallest absolute Gasteiger partial charge is 0.253 e. The second-order valence-electron chi connectivity index (χ2n) is 6.61. The summed E-state index contributed by atoms with van der Waals surface area (Å²) < 4.78 is 13.0. The Balaban J connectivity index is 1.64. The highest BCUT2D eigenvalue weighted by Crippen LogP contribution is 2.20. The van der Waals surface area contributed by atoms with Gasteiger partial charge in [-0.15, -0.1) is 0 Å². The summed E-state index contributed by atoms with van der Waals surface area (Å²) in [4.78, 5) is 14.4. The zero-order valence-corrected chi connectivity index (χ0v) is 14.4. The van der Waals surface area contributed by atoms with Gasteiger partial charge >= 0.3 is 0 Å². The van der Waals surface area contributed by atoms with Crippen molar-refractivity contribution < 1.29 is 19.4 Å². The monoisotopic (exact) mass is 358 g/mol. The van der Waals surface area contributed by atoms with E-state index in [1.165, 1.54) is 12.1 Å². The van der Waals surface area contributed by atoms with Crippen molar-refractivity contribution in [3.8, 4) is 0 Å². The molecule has 1 fully saturated rings. The standard InChI is InChI=1S/C20H23FN2O3/c21-17-6-4-14(5-7-17)11-22-18-3-1-2-15(10-18)20(26)23-9-8-19(25)16(12-23)13-24/h1-7,10,16,19,22,24-25H,8-9,11-13H2/t16-,19-/m1/s1. The second-order valence-corrected chi connectivity index (χ2v) is 6.61. The maximum absolute atomic E-state index is 13.0. The zero-order chi connectivity index (χ0) is 18.5. The van der Waals surface area contributed by atoms with Crippen molar-refractivity contribution in [3.63, 3.8) is 0 Å². The summed E-state index contributed by atoms with van der Waals surface area (Å²) in [6.45, 7) is 1.22. The minimum atomic E-state index is -0.562. The Hall–Kier alpha value is -2.44. The largest absolute Gasteiger partial charge is 0.396 e. The number of anilines is 1. The molecule has 5 nitrogen and oxygen atoms in total. The topological polar surface area (TPSA) is 72.8 Å². The Morgan fingerprint density at radius 2 is 2.00 bits per heavy atom. The molecule has 0 spiro atoms. The van der Waals surface area contributed by atoms with Crippen LogP contribution in [0.2, 0.25) is 0 Å². The van der Waals surface area contributed by atoms with E-state index in [1.807, 2.05) is 12.1 Å². The van der Waals surface area contributed by atoms with Crippen molar-refractivity contribution in [2.75, 3.05) is 25.0 Å². The number of rotatable bonds is 5. The van der Waals surface area contributed by atoms with E-state index in [9.17, 15) is 19.4 Å². The first-order chi connectivity index (χ1) is 12.6. The second kappa shape index (κ2) is 8.29. The summed E-state index contributed by atoms with van der Waals surface area (Å²) in [5.41, 5.74) is 2.30. The molecule has 0 unspecified atom stereocenters. The van der Waals surface area contributed by atoms with Gasteiger partial charge < -0.3 is 20.4 Å².